The minimum Gasteiger partial charge on any atom is -0.451 e. The Morgan fingerprint density at radius 3 is 2.82 bits per heavy atom. The summed E-state index contributed by atoms with van der Waals surface area (Å²) in [5.41, 5.74) is 5.21. The van der Waals surface area contributed by atoms with Crippen molar-refractivity contribution in [3.05, 3.63) is 0 Å². The molecular weight excluding hydrogens is 146 g/mol. The van der Waals surface area contributed by atoms with Gasteiger partial charge in [-0.05, 0) is 6.92 Å². The molecule has 11 heavy (non-hydrogen) atoms. The summed E-state index contributed by atoms with van der Waals surface area (Å²) in [5, 5.41) is 8.81. The van der Waals surface area contributed by atoms with Crippen LogP contribution in [-0.4, -0.2) is 29.8 Å². The number of hydrogen-bond donors (Lipinski definition) is 2. The monoisotopic (exact) mass is 157 g/mol. The summed E-state index contributed by atoms with van der Waals surface area (Å²) in [6.45, 7) is 1.29. The van der Waals surface area contributed by atoms with Crippen LogP contribution in [0.4, 0.5) is 0 Å². The number of terminal acetylenes is 1. The first-order valence-corrected chi connectivity index (χ1v) is 3.13. The normalized spacial score (nSPS) is 14.7. The summed E-state index contributed by atoms with van der Waals surface area (Å²) < 4.78 is 4.45. The van der Waals surface area contributed by atoms with Crippen molar-refractivity contribution in [3.63, 3.8) is 0 Å². The maximum atomic E-state index is 10.7. The lowest BCUT2D eigenvalue weighted by Gasteiger charge is -2.11. The van der Waals surface area contributed by atoms with Gasteiger partial charge in [0.15, 0.2) is 6.61 Å². The molecule has 0 aromatic carbocycles. The molecule has 0 aliphatic carbocycles. The molecule has 0 radical (unpaired) electrons. The van der Waals surface area contributed by atoms with Gasteiger partial charge in [-0.15, -0.1) is 6.42 Å². The molecule has 0 aromatic heterocycles. The van der Waals surface area contributed by atoms with Crippen LogP contribution in [0.5, 0.6) is 0 Å². The summed E-state index contributed by atoms with van der Waals surface area (Å²) in [6, 6.07) is -1.01. The molecule has 0 heterocycles. The second kappa shape index (κ2) is 4.72. The number of nitrogens with two attached hydrogens (primary N) is 1. The largest absolute Gasteiger partial charge is 0.451 e. The van der Waals surface area contributed by atoms with Gasteiger partial charge in [0.2, 0.25) is 0 Å². The number of hydrogen-bond acceptors (Lipinski definition) is 4. The van der Waals surface area contributed by atoms with E-state index in [0.29, 0.717) is 0 Å². The van der Waals surface area contributed by atoms with Gasteiger partial charge in [0, 0.05) is 0 Å². The molecule has 0 saturated carbocycles. The zero-order valence-electron chi connectivity index (χ0n) is 6.28. The molecule has 0 fully saturated rings. The van der Waals surface area contributed by atoms with E-state index in [-0.39, 0.29) is 6.61 Å². The molecule has 62 valence electrons. The predicted molar refractivity (Wildman–Crippen MR) is 39.4 cm³/mol. The van der Waals surface area contributed by atoms with Crippen LogP contribution < -0.4 is 5.73 Å². The lowest BCUT2D eigenvalue weighted by Crippen LogP contribution is -2.41. The molecular formula is C7H11NO3. The third-order valence-electron chi connectivity index (χ3n) is 1.09. The Kier molecular flexibility index (Phi) is 4.27. The summed E-state index contributed by atoms with van der Waals surface area (Å²) in [6.07, 6.45) is 3.91. The molecule has 0 saturated heterocycles. The maximum absolute atomic E-state index is 10.7. The third kappa shape index (κ3) is 3.61. The van der Waals surface area contributed by atoms with E-state index in [1.54, 1.807) is 0 Å². The Labute approximate surface area is 65.3 Å². The second-order valence-electron chi connectivity index (χ2n) is 2.08. The topological polar surface area (TPSA) is 72.5 Å². The van der Waals surface area contributed by atoms with Gasteiger partial charge in [-0.3, -0.25) is 4.79 Å². The number of carbonyl (C=O) groups excluding carboxylic acids is 1. The van der Waals surface area contributed by atoms with Gasteiger partial charge in [0.25, 0.3) is 0 Å². The highest BCUT2D eigenvalue weighted by Gasteiger charge is 2.19. The van der Waals surface area contributed by atoms with Gasteiger partial charge in [-0.25, -0.2) is 0 Å². The minimum absolute atomic E-state index is 0.112. The van der Waals surface area contributed by atoms with Crippen molar-refractivity contribution >= 4 is 5.97 Å². The van der Waals surface area contributed by atoms with E-state index in [1.807, 2.05) is 0 Å². The number of rotatable bonds is 3. The maximum Gasteiger partial charge on any atom is 0.326 e. The quantitative estimate of drug-likeness (QED) is 0.401. The van der Waals surface area contributed by atoms with Crippen LogP contribution in [0.15, 0.2) is 0 Å². The van der Waals surface area contributed by atoms with E-state index in [9.17, 15) is 4.79 Å². The Bertz CT molecular complexity index is 171. The average molecular weight is 157 g/mol. The number of aliphatic hydroxyl groups excluding tert-OH is 1. The van der Waals surface area contributed by atoms with Crippen LogP contribution in [0.25, 0.3) is 0 Å². The molecule has 0 amide bonds. The van der Waals surface area contributed by atoms with Gasteiger partial charge >= 0.3 is 5.97 Å². The van der Waals surface area contributed by atoms with Crippen molar-refractivity contribution < 1.29 is 14.6 Å². The fourth-order valence-corrected chi connectivity index (χ4v) is 0.406. The van der Waals surface area contributed by atoms with Gasteiger partial charge in [0.1, 0.15) is 6.04 Å². The molecule has 4 heteroatoms. The van der Waals surface area contributed by atoms with E-state index in [0.717, 1.165) is 0 Å². The second-order valence-corrected chi connectivity index (χ2v) is 2.08. The van der Waals surface area contributed by atoms with Gasteiger partial charge in [-0.2, -0.15) is 0 Å². The lowest BCUT2D eigenvalue weighted by molar-refractivity contribution is -0.146. The Balaban J connectivity index is 3.76. The molecule has 0 aliphatic rings. The molecule has 0 bridgehead atoms. The standard InChI is InChI=1S/C7H11NO3/c1-3-4-11-7(10)6(8)5(2)9/h1,5-6,9H,4,8H2,2H3/t5-,6+/m1/s1. The van der Waals surface area contributed by atoms with Crippen LogP contribution in [0.1, 0.15) is 6.92 Å². The number of esters is 1. The Hall–Kier alpha value is -1.05. The SMILES string of the molecule is C#CCOC(=O)[C@@H](N)[C@@H](C)O. The van der Waals surface area contributed by atoms with E-state index >= 15 is 0 Å². The highest BCUT2D eigenvalue weighted by Crippen LogP contribution is 1.91. The van der Waals surface area contributed by atoms with Crippen molar-refractivity contribution in [2.75, 3.05) is 6.61 Å². The van der Waals surface area contributed by atoms with Crippen LogP contribution >= 0.6 is 0 Å². The highest BCUT2D eigenvalue weighted by atomic mass is 16.5. The van der Waals surface area contributed by atoms with Crippen molar-refractivity contribution in [2.24, 2.45) is 5.73 Å². The summed E-state index contributed by atoms with van der Waals surface area (Å²) in [7, 11) is 0. The smallest absolute Gasteiger partial charge is 0.326 e. The van der Waals surface area contributed by atoms with Crippen LogP contribution in [0.2, 0.25) is 0 Å². The average Bonchev–Trinajstić information content (AvgIpc) is 1.98. The van der Waals surface area contributed by atoms with E-state index in [4.69, 9.17) is 17.3 Å². The summed E-state index contributed by atoms with van der Waals surface area (Å²) >= 11 is 0. The fraction of sp³-hybridized carbons (Fsp3) is 0.571. The zero-order valence-corrected chi connectivity index (χ0v) is 6.28. The van der Waals surface area contributed by atoms with E-state index in [1.165, 1.54) is 6.92 Å². The van der Waals surface area contributed by atoms with Crippen LogP contribution in [0, 0.1) is 12.3 Å². The van der Waals surface area contributed by atoms with Crippen LogP contribution in [0.3, 0.4) is 0 Å². The number of aliphatic hydroxyl groups is 1. The first-order valence-electron chi connectivity index (χ1n) is 3.13. The van der Waals surface area contributed by atoms with Crippen molar-refractivity contribution in [1.82, 2.24) is 0 Å². The minimum atomic E-state index is -1.01. The lowest BCUT2D eigenvalue weighted by atomic mass is 10.2. The zero-order chi connectivity index (χ0) is 8.85. The van der Waals surface area contributed by atoms with Gasteiger partial charge in [0.05, 0.1) is 6.10 Å². The molecule has 0 unspecified atom stereocenters. The van der Waals surface area contributed by atoms with Crippen LogP contribution in [-0.2, 0) is 9.53 Å². The van der Waals surface area contributed by atoms with E-state index in [2.05, 4.69) is 10.7 Å². The highest BCUT2D eigenvalue weighted by molar-refractivity contribution is 5.76. The van der Waals surface area contributed by atoms with Gasteiger partial charge in [-0.1, -0.05) is 5.92 Å². The van der Waals surface area contributed by atoms with Crippen molar-refractivity contribution in [1.29, 1.82) is 0 Å². The number of ether oxygens (including phenoxy) is 1. The predicted octanol–water partition coefficient (Wildman–Crippen LogP) is -1.13. The van der Waals surface area contributed by atoms with Crippen molar-refractivity contribution in [3.8, 4) is 12.3 Å². The first-order chi connectivity index (χ1) is 5.09. The summed E-state index contributed by atoms with van der Waals surface area (Å²) in [5.74, 6) is 1.43. The van der Waals surface area contributed by atoms with E-state index < -0.39 is 18.1 Å². The first kappa shape index (κ1) is 9.95. The Morgan fingerprint density at radius 1 is 1.91 bits per heavy atom. The Morgan fingerprint density at radius 2 is 2.45 bits per heavy atom. The molecule has 0 spiro atoms. The molecule has 4 nitrogen and oxygen atoms in total. The number of carbonyl (C=O) groups is 1. The molecule has 0 aliphatic heterocycles. The van der Waals surface area contributed by atoms with Gasteiger partial charge < -0.3 is 15.6 Å². The molecule has 3 N–H and O–H groups in total. The molecule has 2 atom stereocenters. The third-order valence-corrected chi connectivity index (χ3v) is 1.09. The van der Waals surface area contributed by atoms with Crippen molar-refractivity contribution in [2.45, 2.75) is 19.1 Å². The molecule has 0 rings (SSSR count). The fourth-order valence-electron chi connectivity index (χ4n) is 0.406. The summed E-state index contributed by atoms with van der Waals surface area (Å²) in [4.78, 5) is 10.7. The molecule has 0 aromatic rings.